The number of carboxylic acid groups (broad SMARTS) is 1. The quantitative estimate of drug-likeness (QED) is 0.701. The molecule has 0 spiro atoms. The van der Waals surface area contributed by atoms with Crippen molar-refractivity contribution in [2.75, 3.05) is 6.61 Å². The van der Waals surface area contributed by atoms with Gasteiger partial charge >= 0.3 is 5.97 Å². The first-order chi connectivity index (χ1) is 8.43. The summed E-state index contributed by atoms with van der Waals surface area (Å²) < 4.78 is 5.66. The second-order valence-corrected chi connectivity index (χ2v) is 5.75. The Labute approximate surface area is 110 Å². The number of hydrogen-bond acceptors (Lipinski definition) is 3. The molecule has 0 amide bonds. The molecule has 3 atom stereocenters. The summed E-state index contributed by atoms with van der Waals surface area (Å²) in [4.78, 5) is 11.2. The average molecular weight is 257 g/mol. The molecule has 1 saturated carbocycles. The van der Waals surface area contributed by atoms with E-state index in [0.717, 1.165) is 25.9 Å². The van der Waals surface area contributed by atoms with Crippen LogP contribution in [-0.4, -0.2) is 35.9 Å². The van der Waals surface area contributed by atoms with Crippen molar-refractivity contribution in [2.24, 2.45) is 5.41 Å². The zero-order valence-corrected chi connectivity index (χ0v) is 12.0. The van der Waals surface area contributed by atoms with E-state index in [9.17, 15) is 9.90 Å². The molecule has 0 aliphatic heterocycles. The summed E-state index contributed by atoms with van der Waals surface area (Å²) in [6.07, 6.45) is 3.85. The number of hydrogen-bond donors (Lipinski definition) is 2. The Hall–Kier alpha value is -0.610. The molecule has 0 saturated heterocycles. The third-order valence-corrected chi connectivity index (χ3v) is 4.09. The van der Waals surface area contributed by atoms with E-state index in [4.69, 9.17) is 4.74 Å². The number of aliphatic carboxylic acids is 1. The van der Waals surface area contributed by atoms with Gasteiger partial charge in [0.05, 0.1) is 6.10 Å². The second kappa shape index (κ2) is 6.53. The molecule has 3 unspecified atom stereocenters. The number of carboxylic acids is 1. The largest absolute Gasteiger partial charge is 0.480 e. The molecule has 1 aliphatic carbocycles. The van der Waals surface area contributed by atoms with Crippen molar-refractivity contribution in [1.29, 1.82) is 0 Å². The molecule has 2 N–H and O–H groups in total. The zero-order chi connectivity index (χ0) is 13.8. The van der Waals surface area contributed by atoms with Crippen LogP contribution in [0.1, 0.15) is 53.4 Å². The van der Waals surface area contributed by atoms with Gasteiger partial charge < -0.3 is 15.2 Å². The lowest BCUT2D eigenvalue weighted by molar-refractivity contribution is -0.144. The molecule has 4 heteroatoms. The van der Waals surface area contributed by atoms with Crippen LogP contribution in [-0.2, 0) is 9.53 Å². The van der Waals surface area contributed by atoms with Crippen molar-refractivity contribution >= 4 is 5.97 Å². The number of nitrogens with one attached hydrogen (secondary N) is 1. The summed E-state index contributed by atoms with van der Waals surface area (Å²) >= 11 is 0. The Bertz CT molecular complexity index is 278. The van der Waals surface area contributed by atoms with Gasteiger partial charge in [-0.3, -0.25) is 4.79 Å². The van der Waals surface area contributed by atoms with Crippen LogP contribution in [0.5, 0.6) is 0 Å². The van der Waals surface area contributed by atoms with Gasteiger partial charge in [-0.1, -0.05) is 33.6 Å². The second-order valence-electron chi connectivity index (χ2n) is 5.75. The van der Waals surface area contributed by atoms with Crippen LogP contribution in [0.3, 0.4) is 0 Å². The van der Waals surface area contributed by atoms with Crippen LogP contribution in [0.4, 0.5) is 0 Å². The van der Waals surface area contributed by atoms with Gasteiger partial charge in [-0.25, -0.2) is 0 Å². The van der Waals surface area contributed by atoms with Gasteiger partial charge in [0.25, 0.3) is 0 Å². The van der Waals surface area contributed by atoms with Gasteiger partial charge in [-0.05, 0) is 19.8 Å². The van der Waals surface area contributed by atoms with Crippen LogP contribution >= 0.6 is 0 Å². The molecule has 4 nitrogen and oxygen atoms in total. The average Bonchev–Trinajstić information content (AvgIpc) is 2.31. The molecule has 0 radical (unpaired) electrons. The monoisotopic (exact) mass is 257 g/mol. The predicted molar refractivity (Wildman–Crippen MR) is 71.7 cm³/mol. The molecule has 1 rings (SSSR count). The minimum absolute atomic E-state index is 0.0237. The highest BCUT2D eigenvalue weighted by atomic mass is 16.5. The minimum Gasteiger partial charge on any atom is -0.480 e. The topological polar surface area (TPSA) is 58.6 Å². The van der Waals surface area contributed by atoms with E-state index in [1.54, 1.807) is 0 Å². The van der Waals surface area contributed by atoms with E-state index in [1.807, 2.05) is 6.92 Å². The van der Waals surface area contributed by atoms with E-state index in [0.29, 0.717) is 6.42 Å². The normalized spacial score (nSPS) is 27.6. The summed E-state index contributed by atoms with van der Waals surface area (Å²) in [5.74, 6) is -0.737. The third-order valence-electron chi connectivity index (χ3n) is 4.09. The third kappa shape index (κ3) is 3.45. The van der Waals surface area contributed by atoms with Gasteiger partial charge in [0, 0.05) is 18.1 Å². The fourth-order valence-electron chi connectivity index (χ4n) is 2.58. The zero-order valence-electron chi connectivity index (χ0n) is 12.0. The Balaban J connectivity index is 2.48. The van der Waals surface area contributed by atoms with Crippen molar-refractivity contribution in [3.05, 3.63) is 0 Å². The maximum absolute atomic E-state index is 11.2. The van der Waals surface area contributed by atoms with Crippen molar-refractivity contribution in [3.8, 4) is 0 Å². The number of carbonyl (C=O) groups is 1. The van der Waals surface area contributed by atoms with Gasteiger partial charge in [-0.15, -0.1) is 0 Å². The summed E-state index contributed by atoms with van der Waals surface area (Å²) in [6, 6.07) is -0.177. The summed E-state index contributed by atoms with van der Waals surface area (Å²) in [5, 5.41) is 12.5. The fraction of sp³-hybridized carbons (Fsp3) is 0.929. The van der Waals surface area contributed by atoms with Gasteiger partial charge in [0.2, 0.25) is 0 Å². The van der Waals surface area contributed by atoms with Crippen molar-refractivity contribution < 1.29 is 14.6 Å². The highest BCUT2D eigenvalue weighted by Crippen LogP contribution is 2.43. The van der Waals surface area contributed by atoms with Crippen molar-refractivity contribution in [1.82, 2.24) is 5.32 Å². The van der Waals surface area contributed by atoms with Gasteiger partial charge in [-0.2, -0.15) is 0 Å². The Morgan fingerprint density at radius 2 is 2.17 bits per heavy atom. The summed E-state index contributed by atoms with van der Waals surface area (Å²) in [5.41, 5.74) is 0.0237. The summed E-state index contributed by atoms with van der Waals surface area (Å²) in [6.45, 7) is 9.09. The lowest BCUT2D eigenvalue weighted by Crippen LogP contribution is -2.63. The lowest BCUT2D eigenvalue weighted by Gasteiger charge is -2.52. The molecule has 1 fully saturated rings. The molecule has 18 heavy (non-hydrogen) atoms. The number of ether oxygens (including phenoxy) is 1. The lowest BCUT2D eigenvalue weighted by atomic mass is 9.64. The number of unbranched alkanes of at least 4 members (excludes halogenated alkanes) is 1. The molecular formula is C14H27NO3. The van der Waals surface area contributed by atoms with Crippen LogP contribution in [0.2, 0.25) is 0 Å². The Morgan fingerprint density at radius 1 is 1.50 bits per heavy atom. The first-order valence-corrected chi connectivity index (χ1v) is 7.03. The van der Waals surface area contributed by atoms with E-state index in [1.165, 1.54) is 0 Å². The standard InChI is InChI=1S/C14H27NO3/c1-5-7-8-10(13(16)17)15-11-9-12(18-6-2)14(11,3)4/h10-12,15H,5-9H2,1-4H3,(H,16,17). The van der Waals surface area contributed by atoms with E-state index in [2.05, 4.69) is 26.1 Å². The van der Waals surface area contributed by atoms with Crippen LogP contribution in [0.15, 0.2) is 0 Å². The fourth-order valence-corrected chi connectivity index (χ4v) is 2.58. The summed E-state index contributed by atoms with van der Waals surface area (Å²) in [7, 11) is 0. The molecule has 1 aliphatic rings. The van der Waals surface area contributed by atoms with Crippen LogP contribution in [0.25, 0.3) is 0 Å². The van der Waals surface area contributed by atoms with E-state index < -0.39 is 12.0 Å². The Kier molecular flexibility index (Phi) is 5.60. The molecule has 0 heterocycles. The molecular weight excluding hydrogens is 230 g/mol. The Morgan fingerprint density at radius 3 is 2.61 bits per heavy atom. The first-order valence-electron chi connectivity index (χ1n) is 7.03. The maximum atomic E-state index is 11.2. The SMILES string of the molecule is CCCCC(NC1CC(OCC)C1(C)C)C(=O)O. The van der Waals surface area contributed by atoms with Crippen LogP contribution in [0, 0.1) is 5.41 Å². The van der Waals surface area contributed by atoms with Crippen molar-refractivity contribution in [3.63, 3.8) is 0 Å². The molecule has 0 bridgehead atoms. The smallest absolute Gasteiger partial charge is 0.320 e. The maximum Gasteiger partial charge on any atom is 0.320 e. The highest BCUT2D eigenvalue weighted by molar-refractivity contribution is 5.73. The van der Waals surface area contributed by atoms with Crippen molar-refractivity contribution in [2.45, 2.75) is 71.6 Å². The molecule has 0 aromatic rings. The number of rotatable bonds is 8. The first kappa shape index (κ1) is 15.4. The van der Waals surface area contributed by atoms with E-state index in [-0.39, 0.29) is 17.6 Å². The minimum atomic E-state index is -0.737. The highest BCUT2D eigenvalue weighted by Gasteiger charge is 2.49. The van der Waals surface area contributed by atoms with E-state index >= 15 is 0 Å². The predicted octanol–water partition coefficient (Wildman–Crippen LogP) is 2.42. The molecule has 0 aromatic heterocycles. The van der Waals surface area contributed by atoms with Gasteiger partial charge in [0.15, 0.2) is 0 Å². The van der Waals surface area contributed by atoms with Crippen LogP contribution < -0.4 is 5.32 Å². The van der Waals surface area contributed by atoms with Gasteiger partial charge in [0.1, 0.15) is 6.04 Å². The molecule has 0 aromatic carbocycles. The molecule has 106 valence electrons.